The summed E-state index contributed by atoms with van der Waals surface area (Å²) in [4.78, 5) is 21.5. The van der Waals surface area contributed by atoms with Crippen LogP contribution in [0.5, 0.6) is 0 Å². The van der Waals surface area contributed by atoms with Crippen molar-refractivity contribution in [2.45, 2.75) is 45.3 Å². The van der Waals surface area contributed by atoms with Gasteiger partial charge in [0, 0.05) is 11.6 Å². The maximum absolute atomic E-state index is 14.7. The zero-order valence-corrected chi connectivity index (χ0v) is 20.9. The molecule has 1 unspecified atom stereocenters. The van der Waals surface area contributed by atoms with Gasteiger partial charge in [0.15, 0.2) is 5.82 Å². The molecule has 37 heavy (non-hydrogen) atoms. The van der Waals surface area contributed by atoms with E-state index in [2.05, 4.69) is 25.5 Å². The van der Waals surface area contributed by atoms with Gasteiger partial charge < -0.3 is 14.5 Å². The number of aromatic nitrogens is 6. The van der Waals surface area contributed by atoms with E-state index in [1.165, 1.54) is 30.6 Å². The van der Waals surface area contributed by atoms with Gasteiger partial charge in [-0.25, -0.2) is 14.4 Å². The van der Waals surface area contributed by atoms with Crippen LogP contribution in [0.25, 0.3) is 17.2 Å². The zero-order chi connectivity index (χ0) is 27.1. The first kappa shape index (κ1) is 26.3. The van der Waals surface area contributed by atoms with Gasteiger partial charge in [0.25, 0.3) is 5.91 Å². The van der Waals surface area contributed by atoms with Crippen LogP contribution in [0.4, 0.5) is 23.4 Å². The molecule has 3 heterocycles. The Balaban J connectivity index is 1.63. The molecule has 0 aliphatic carbocycles. The SMILES string of the molecule is CC(n1cnnc1-c1cccc(NC(=O)c2cc(-n3cnc(C(C)(C)C)c3)c(Cl)cc2F)n1)C(F)(F)F. The topological polar surface area (TPSA) is 90.5 Å². The van der Waals surface area contributed by atoms with Crippen molar-refractivity contribution in [1.82, 2.24) is 29.3 Å². The standard InChI is InChI=1S/C24H22ClF4N7O/c1-13(24(27,28)29)36-12-31-34-21(36)17-6-5-7-20(32-17)33-22(37)14-8-18(15(25)9-16(14)26)35-10-19(30-11-35)23(2,3)4/h5-13H,1-4H3,(H,32,33,37). The van der Waals surface area contributed by atoms with E-state index in [0.717, 1.165) is 29.6 Å². The third-order valence-corrected chi connectivity index (χ3v) is 5.90. The Morgan fingerprint density at radius 3 is 2.51 bits per heavy atom. The number of carbonyl (C=O) groups excluding carboxylic acids is 1. The molecule has 0 spiro atoms. The molecule has 13 heteroatoms. The second-order valence-electron chi connectivity index (χ2n) is 9.34. The summed E-state index contributed by atoms with van der Waals surface area (Å²) in [5.74, 6) is -1.86. The molecule has 3 aromatic heterocycles. The normalized spacial score (nSPS) is 13.0. The molecule has 8 nitrogen and oxygen atoms in total. The molecule has 0 radical (unpaired) electrons. The van der Waals surface area contributed by atoms with E-state index in [4.69, 9.17) is 11.6 Å². The second-order valence-corrected chi connectivity index (χ2v) is 9.75. The molecule has 194 valence electrons. The maximum atomic E-state index is 14.7. The fourth-order valence-electron chi connectivity index (χ4n) is 3.43. The number of hydrogen-bond acceptors (Lipinski definition) is 5. The lowest BCUT2D eigenvalue weighted by atomic mass is 9.93. The Morgan fingerprint density at radius 2 is 1.86 bits per heavy atom. The molecule has 4 rings (SSSR count). The third kappa shape index (κ3) is 5.48. The van der Waals surface area contributed by atoms with Crippen LogP contribution >= 0.6 is 11.6 Å². The molecule has 1 atom stereocenters. The van der Waals surface area contributed by atoms with E-state index in [-0.39, 0.29) is 33.3 Å². The van der Waals surface area contributed by atoms with Gasteiger partial charge >= 0.3 is 6.18 Å². The van der Waals surface area contributed by atoms with Crippen molar-refractivity contribution in [3.8, 4) is 17.2 Å². The monoisotopic (exact) mass is 535 g/mol. The highest BCUT2D eigenvalue weighted by molar-refractivity contribution is 6.32. The molecule has 0 aliphatic rings. The number of amides is 1. The minimum Gasteiger partial charge on any atom is -0.306 e. The predicted octanol–water partition coefficient (Wildman–Crippen LogP) is 5.99. The van der Waals surface area contributed by atoms with Crippen LogP contribution in [0.3, 0.4) is 0 Å². The molecule has 4 aromatic rings. The van der Waals surface area contributed by atoms with E-state index in [1.54, 1.807) is 10.8 Å². The van der Waals surface area contributed by atoms with E-state index in [1.807, 2.05) is 20.8 Å². The molecule has 1 aromatic carbocycles. The van der Waals surface area contributed by atoms with Crippen LogP contribution in [-0.4, -0.2) is 41.4 Å². The molecule has 1 N–H and O–H groups in total. The Morgan fingerprint density at radius 1 is 1.14 bits per heavy atom. The Kier molecular flexibility index (Phi) is 6.80. The van der Waals surface area contributed by atoms with Crippen LogP contribution in [0.2, 0.25) is 5.02 Å². The van der Waals surface area contributed by atoms with E-state index in [0.29, 0.717) is 5.69 Å². The van der Waals surface area contributed by atoms with E-state index < -0.39 is 23.9 Å². The van der Waals surface area contributed by atoms with Crippen molar-refractivity contribution in [2.24, 2.45) is 0 Å². The molecule has 0 fully saturated rings. The fourth-order valence-corrected chi connectivity index (χ4v) is 3.68. The Hall–Kier alpha value is -3.80. The number of rotatable bonds is 5. The predicted molar refractivity (Wildman–Crippen MR) is 129 cm³/mol. The molecule has 0 aliphatic heterocycles. The first-order valence-electron chi connectivity index (χ1n) is 11.0. The number of nitrogens with one attached hydrogen (secondary N) is 1. The number of alkyl halides is 3. The van der Waals surface area contributed by atoms with Crippen molar-refractivity contribution < 1.29 is 22.4 Å². The Bertz CT molecular complexity index is 1460. The summed E-state index contributed by atoms with van der Waals surface area (Å²) < 4.78 is 56.8. The summed E-state index contributed by atoms with van der Waals surface area (Å²) in [6, 6.07) is 4.71. The van der Waals surface area contributed by atoms with Gasteiger partial charge in [-0.3, -0.25) is 4.79 Å². The summed E-state index contributed by atoms with van der Waals surface area (Å²) in [5.41, 5.74) is 0.597. The van der Waals surface area contributed by atoms with Gasteiger partial charge in [0.1, 0.15) is 29.7 Å². The zero-order valence-electron chi connectivity index (χ0n) is 20.2. The van der Waals surface area contributed by atoms with Gasteiger partial charge in [-0.05, 0) is 31.2 Å². The van der Waals surface area contributed by atoms with Crippen molar-refractivity contribution in [3.05, 3.63) is 71.3 Å². The summed E-state index contributed by atoms with van der Waals surface area (Å²) in [7, 11) is 0. The van der Waals surface area contributed by atoms with Gasteiger partial charge in [-0.1, -0.05) is 38.4 Å². The number of hydrogen-bond donors (Lipinski definition) is 1. The largest absolute Gasteiger partial charge is 0.408 e. The summed E-state index contributed by atoms with van der Waals surface area (Å²) in [6.07, 6.45) is -0.323. The van der Waals surface area contributed by atoms with Gasteiger partial charge in [-0.2, -0.15) is 13.2 Å². The molecular weight excluding hydrogens is 514 g/mol. The first-order valence-corrected chi connectivity index (χ1v) is 11.4. The van der Waals surface area contributed by atoms with Gasteiger partial charge in [0.05, 0.1) is 28.3 Å². The number of pyridine rings is 1. The fraction of sp³-hybridized carbons (Fsp3) is 0.292. The molecule has 0 saturated heterocycles. The smallest absolute Gasteiger partial charge is 0.306 e. The lowest BCUT2D eigenvalue weighted by Gasteiger charge is -2.18. The highest BCUT2D eigenvalue weighted by Crippen LogP contribution is 2.33. The maximum Gasteiger partial charge on any atom is 0.408 e. The first-order chi connectivity index (χ1) is 17.3. The van der Waals surface area contributed by atoms with Crippen LogP contribution in [-0.2, 0) is 5.41 Å². The minimum absolute atomic E-state index is 0.0229. The van der Waals surface area contributed by atoms with Crippen molar-refractivity contribution >= 4 is 23.3 Å². The average Bonchev–Trinajstić information content (AvgIpc) is 3.48. The lowest BCUT2D eigenvalue weighted by Crippen LogP contribution is -2.24. The van der Waals surface area contributed by atoms with Crippen LogP contribution < -0.4 is 5.32 Å². The highest BCUT2D eigenvalue weighted by Gasteiger charge is 2.38. The van der Waals surface area contributed by atoms with Crippen molar-refractivity contribution in [2.75, 3.05) is 5.32 Å². The number of imidazole rings is 1. The summed E-state index contributed by atoms with van der Waals surface area (Å²) >= 11 is 6.25. The Labute approximate surface area is 214 Å². The number of nitrogens with zero attached hydrogens (tertiary/aromatic N) is 6. The summed E-state index contributed by atoms with van der Waals surface area (Å²) in [5, 5.41) is 9.85. The minimum atomic E-state index is -4.53. The molecular formula is C24H22ClF4N7O. The van der Waals surface area contributed by atoms with Crippen LogP contribution in [0.15, 0.2) is 49.2 Å². The second kappa shape index (κ2) is 9.58. The third-order valence-electron chi connectivity index (χ3n) is 5.59. The lowest BCUT2D eigenvalue weighted by molar-refractivity contribution is -0.162. The number of benzene rings is 1. The van der Waals surface area contributed by atoms with Gasteiger partial charge in [0.2, 0.25) is 0 Å². The molecule has 1 amide bonds. The van der Waals surface area contributed by atoms with Crippen LogP contribution in [0.1, 0.15) is 49.8 Å². The number of anilines is 1. The number of halogens is 5. The van der Waals surface area contributed by atoms with E-state index >= 15 is 0 Å². The van der Waals surface area contributed by atoms with Crippen LogP contribution in [0, 0.1) is 5.82 Å². The van der Waals surface area contributed by atoms with Crippen molar-refractivity contribution in [1.29, 1.82) is 0 Å². The van der Waals surface area contributed by atoms with E-state index in [9.17, 15) is 22.4 Å². The van der Waals surface area contributed by atoms with Gasteiger partial charge in [-0.15, -0.1) is 10.2 Å². The molecule has 0 bridgehead atoms. The molecule has 0 saturated carbocycles. The van der Waals surface area contributed by atoms with Crippen molar-refractivity contribution in [3.63, 3.8) is 0 Å². The average molecular weight is 536 g/mol. The summed E-state index contributed by atoms with van der Waals surface area (Å²) in [6.45, 7) is 6.92. The highest BCUT2D eigenvalue weighted by atomic mass is 35.5. The number of carbonyl (C=O) groups is 1. The quantitative estimate of drug-likeness (QED) is 0.317.